The minimum atomic E-state index is -0.279. The molecule has 1 aromatic heterocycles. The molecule has 2 aliphatic heterocycles. The average molecular weight is 548 g/mol. The number of rotatable bonds is 8. The fraction of sp³-hybridized carbons (Fsp3) is 0.545. The van der Waals surface area contributed by atoms with E-state index < -0.39 is 0 Å². The van der Waals surface area contributed by atoms with Crippen molar-refractivity contribution in [1.82, 2.24) is 14.9 Å². The number of ketones is 1. The normalized spacial score (nSPS) is 20.9. The van der Waals surface area contributed by atoms with Gasteiger partial charge in [0.05, 0.1) is 24.3 Å². The Labute approximate surface area is 236 Å². The summed E-state index contributed by atoms with van der Waals surface area (Å²) in [6, 6.07) is 12.7. The quantitative estimate of drug-likeness (QED) is 0.346. The molecular weight excluding hydrogens is 505 g/mol. The minimum absolute atomic E-state index is 0.0369. The first kappa shape index (κ1) is 28.3. The van der Waals surface area contributed by atoms with Crippen molar-refractivity contribution in [2.45, 2.75) is 65.7 Å². The van der Waals surface area contributed by atoms with Crippen molar-refractivity contribution in [3.05, 3.63) is 47.8 Å². The number of Topliss-reactive ketones (excluding diaryl/α,β-unsaturated/α-hetero) is 1. The van der Waals surface area contributed by atoms with Gasteiger partial charge in [0.2, 0.25) is 5.91 Å². The van der Waals surface area contributed by atoms with Gasteiger partial charge in [0.15, 0.2) is 0 Å². The van der Waals surface area contributed by atoms with Crippen LogP contribution in [0.15, 0.2) is 36.4 Å². The largest absolute Gasteiger partial charge is 0.493 e. The van der Waals surface area contributed by atoms with Crippen molar-refractivity contribution >= 4 is 22.7 Å². The number of benzene rings is 2. The molecule has 1 fully saturated rings. The van der Waals surface area contributed by atoms with Crippen molar-refractivity contribution in [1.29, 1.82) is 0 Å². The number of alkyl halides is 1. The van der Waals surface area contributed by atoms with Gasteiger partial charge in [0.1, 0.15) is 17.4 Å². The van der Waals surface area contributed by atoms with Crippen LogP contribution < -0.4 is 4.74 Å². The lowest BCUT2D eigenvalue weighted by molar-refractivity contribution is -0.134. The standard InChI is InChI=1S/C33H42FN3O3/c1-21(23(3)38)4-9-32-35-29-7-5-27(18-30(29)36-32)26-6-8-31-28(17-26)16-22(2)25(12-15-40-31)19-33(39)37-13-10-24(20-34)11-14-37/h5-8,17-18,21-22,24-25H,4,9-16,19-20H2,1-3H3,(H,35,36). The molecule has 1 amide bonds. The molecule has 5 rings (SSSR count). The lowest BCUT2D eigenvalue weighted by atomic mass is 9.82. The van der Waals surface area contributed by atoms with E-state index in [1.807, 2.05) is 17.9 Å². The number of nitrogens with one attached hydrogen (secondary N) is 1. The first-order valence-electron chi connectivity index (χ1n) is 14.9. The summed E-state index contributed by atoms with van der Waals surface area (Å²) in [5.74, 6) is 3.01. The molecule has 0 bridgehead atoms. The Morgan fingerprint density at radius 3 is 2.62 bits per heavy atom. The number of aromatic amines is 1. The monoisotopic (exact) mass is 547 g/mol. The minimum Gasteiger partial charge on any atom is -0.493 e. The second-order valence-corrected chi connectivity index (χ2v) is 12.0. The number of nitrogens with zero attached hydrogens (tertiary/aromatic N) is 2. The lowest BCUT2D eigenvalue weighted by Crippen LogP contribution is -2.40. The summed E-state index contributed by atoms with van der Waals surface area (Å²) in [6.07, 6.45) is 5.32. The number of carbonyl (C=O) groups is 2. The number of hydrogen-bond donors (Lipinski definition) is 1. The summed E-state index contributed by atoms with van der Waals surface area (Å²) in [6.45, 7) is 7.53. The molecule has 40 heavy (non-hydrogen) atoms. The molecule has 3 atom stereocenters. The summed E-state index contributed by atoms with van der Waals surface area (Å²) in [7, 11) is 0. The van der Waals surface area contributed by atoms with Crippen LogP contribution in [0.4, 0.5) is 4.39 Å². The number of ether oxygens (including phenoxy) is 1. The van der Waals surface area contributed by atoms with Crippen molar-refractivity contribution in [3.63, 3.8) is 0 Å². The number of hydrogen-bond acceptors (Lipinski definition) is 4. The number of piperidine rings is 1. The zero-order chi connectivity index (χ0) is 28.2. The molecule has 3 heterocycles. The molecule has 0 aliphatic carbocycles. The third-order valence-electron chi connectivity index (χ3n) is 9.15. The van der Waals surface area contributed by atoms with E-state index in [1.54, 1.807) is 6.92 Å². The Balaban J connectivity index is 1.27. The van der Waals surface area contributed by atoms with Crippen LogP contribution in [-0.2, 0) is 22.4 Å². The number of amides is 1. The van der Waals surface area contributed by atoms with Crippen molar-refractivity contribution in [2.24, 2.45) is 23.7 Å². The van der Waals surface area contributed by atoms with Crippen LogP contribution in [0.5, 0.6) is 5.75 Å². The number of fused-ring (bicyclic) bond motifs is 2. The van der Waals surface area contributed by atoms with E-state index in [-0.39, 0.29) is 36.1 Å². The number of aryl methyl sites for hydroxylation is 1. The second kappa shape index (κ2) is 12.5. The summed E-state index contributed by atoms with van der Waals surface area (Å²) < 4.78 is 19.2. The van der Waals surface area contributed by atoms with E-state index >= 15 is 0 Å². The second-order valence-electron chi connectivity index (χ2n) is 12.0. The predicted molar refractivity (Wildman–Crippen MR) is 156 cm³/mol. The Bertz CT molecular complexity index is 1340. The van der Waals surface area contributed by atoms with Crippen LogP contribution in [0.2, 0.25) is 0 Å². The Morgan fingerprint density at radius 2 is 1.88 bits per heavy atom. The topological polar surface area (TPSA) is 75.3 Å². The van der Waals surface area contributed by atoms with Crippen LogP contribution >= 0.6 is 0 Å². The van der Waals surface area contributed by atoms with E-state index in [1.165, 1.54) is 5.56 Å². The van der Waals surface area contributed by atoms with Gasteiger partial charge in [-0.25, -0.2) is 4.98 Å². The number of halogens is 1. The van der Waals surface area contributed by atoms with E-state index in [0.717, 1.165) is 72.3 Å². The molecule has 3 aromatic rings. The van der Waals surface area contributed by atoms with Gasteiger partial charge >= 0.3 is 0 Å². The van der Waals surface area contributed by atoms with Crippen LogP contribution in [0.3, 0.4) is 0 Å². The fourth-order valence-electron chi connectivity index (χ4n) is 6.09. The highest BCUT2D eigenvalue weighted by Crippen LogP contribution is 2.35. The van der Waals surface area contributed by atoms with Crippen molar-refractivity contribution < 1.29 is 18.7 Å². The van der Waals surface area contributed by atoms with Crippen LogP contribution in [-0.4, -0.2) is 52.9 Å². The highest BCUT2D eigenvalue weighted by Gasteiger charge is 2.29. The molecule has 7 heteroatoms. The zero-order valence-corrected chi connectivity index (χ0v) is 24.0. The van der Waals surface area contributed by atoms with Crippen LogP contribution in [0.1, 0.15) is 64.3 Å². The third kappa shape index (κ3) is 6.56. The maximum Gasteiger partial charge on any atom is 0.222 e. The highest BCUT2D eigenvalue weighted by molar-refractivity contribution is 5.82. The Kier molecular flexibility index (Phi) is 8.87. The molecule has 0 saturated carbocycles. The molecule has 1 saturated heterocycles. The molecule has 0 spiro atoms. The summed E-state index contributed by atoms with van der Waals surface area (Å²) >= 11 is 0. The zero-order valence-electron chi connectivity index (χ0n) is 24.0. The van der Waals surface area contributed by atoms with Crippen molar-refractivity contribution in [3.8, 4) is 16.9 Å². The smallest absolute Gasteiger partial charge is 0.222 e. The van der Waals surface area contributed by atoms with E-state index in [0.29, 0.717) is 32.0 Å². The number of aromatic nitrogens is 2. The Morgan fingerprint density at radius 1 is 1.12 bits per heavy atom. The fourth-order valence-corrected chi connectivity index (χ4v) is 6.09. The molecule has 6 nitrogen and oxygen atoms in total. The maximum absolute atomic E-state index is 13.1. The molecule has 214 valence electrons. The summed E-state index contributed by atoms with van der Waals surface area (Å²) in [4.78, 5) is 34.8. The number of imidazole rings is 1. The van der Waals surface area contributed by atoms with Gasteiger partial charge < -0.3 is 14.6 Å². The average Bonchev–Trinajstić information content (AvgIpc) is 3.37. The summed E-state index contributed by atoms with van der Waals surface area (Å²) in [5, 5.41) is 0. The maximum atomic E-state index is 13.1. The van der Waals surface area contributed by atoms with E-state index in [4.69, 9.17) is 9.72 Å². The lowest BCUT2D eigenvalue weighted by Gasteiger charge is -2.33. The predicted octanol–water partition coefficient (Wildman–Crippen LogP) is 6.56. The third-order valence-corrected chi connectivity index (χ3v) is 9.15. The van der Waals surface area contributed by atoms with Gasteiger partial charge in [-0.05, 0) is 97.7 Å². The van der Waals surface area contributed by atoms with Crippen molar-refractivity contribution in [2.75, 3.05) is 26.4 Å². The molecule has 3 unspecified atom stereocenters. The van der Waals surface area contributed by atoms with Crippen LogP contribution in [0.25, 0.3) is 22.2 Å². The van der Waals surface area contributed by atoms with Gasteiger partial charge in [-0.1, -0.05) is 26.0 Å². The SMILES string of the molecule is CC(=O)C(C)CCc1nc2ccc(-c3ccc4c(c3)CC(C)C(CC(=O)N3CCC(CF)CC3)CCO4)cc2[nH]1. The Hall–Kier alpha value is -3.22. The van der Waals surface area contributed by atoms with Gasteiger partial charge in [-0.15, -0.1) is 0 Å². The molecular formula is C33H42FN3O3. The molecule has 2 aromatic carbocycles. The van der Waals surface area contributed by atoms with Gasteiger partial charge in [-0.2, -0.15) is 0 Å². The molecule has 2 aliphatic rings. The number of H-pyrrole nitrogens is 1. The van der Waals surface area contributed by atoms with Crippen LogP contribution in [0, 0.1) is 23.7 Å². The van der Waals surface area contributed by atoms with E-state index in [2.05, 4.69) is 42.2 Å². The van der Waals surface area contributed by atoms with Gasteiger partial charge in [0, 0.05) is 31.8 Å². The van der Waals surface area contributed by atoms with Gasteiger partial charge in [-0.3, -0.25) is 14.0 Å². The number of carbonyl (C=O) groups excluding carboxylic acids is 2. The molecule has 1 N–H and O–H groups in total. The molecule has 0 radical (unpaired) electrons. The summed E-state index contributed by atoms with van der Waals surface area (Å²) in [5.41, 5.74) is 5.34. The first-order valence-corrected chi connectivity index (χ1v) is 14.9. The number of likely N-dealkylation sites (tertiary alicyclic amines) is 1. The highest BCUT2D eigenvalue weighted by atomic mass is 19.1. The van der Waals surface area contributed by atoms with E-state index in [9.17, 15) is 14.0 Å². The first-order chi connectivity index (χ1) is 19.3. The van der Waals surface area contributed by atoms with Gasteiger partial charge in [0.25, 0.3) is 0 Å².